The smallest absolute Gasteiger partial charge is 0.253 e. The van der Waals surface area contributed by atoms with E-state index in [9.17, 15) is 4.79 Å². The summed E-state index contributed by atoms with van der Waals surface area (Å²) >= 11 is 2.94. The molecule has 0 N–H and O–H groups in total. The molecule has 0 bridgehead atoms. The van der Waals surface area contributed by atoms with Gasteiger partial charge in [-0.15, -0.1) is 28.1 Å². The van der Waals surface area contributed by atoms with Gasteiger partial charge in [0, 0.05) is 13.0 Å². The van der Waals surface area contributed by atoms with Gasteiger partial charge in [-0.05, 0) is 36.6 Å². The maximum Gasteiger partial charge on any atom is 0.253 e. The number of rotatable bonds is 8. The number of amides is 1. The van der Waals surface area contributed by atoms with E-state index in [0.29, 0.717) is 23.9 Å². The van der Waals surface area contributed by atoms with Gasteiger partial charge in [-0.2, -0.15) is 5.10 Å². The molecule has 1 unspecified atom stereocenters. The lowest BCUT2D eigenvalue weighted by atomic mass is 10.1. The first kappa shape index (κ1) is 21.5. The third-order valence-electron chi connectivity index (χ3n) is 5.30. The number of nitrogens with zero attached hydrogens (tertiary/aromatic N) is 5. The standard InChI is InChI=1S/C23H21N5O3S2/c1-3-9-27-22(16-8-11-30-15(16)2)24-25-23(27)33-14-21(29)28-18(19-6-4-10-31-19)13-17(26-28)20-7-5-12-32-20/h3-8,10-12,18H,1,9,13-14H2,2H3. The molecular formula is C23H21N5O3S2. The summed E-state index contributed by atoms with van der Waals surface area (Å²) in [6.45, 7) is 6.24. The number of carbonyl (C=O) groups excluding carboxylic acids is 1. The summed E-state index contributed by atoms with van der Waals surface area (Å²) in [5, 5.41) is 17.5. The number of thiophene rings is 1. The van der Waals surface area contributed by atoms with Crippen molar-refractivity contribution in [3.8, 4) is 11.4 Å². The number of thioether (sulfide) groups is 1. The Morgan fingerprint density at radius 3 is 2.88 bits per heavy atom. The zero-order valence-corrected chi connectivity index (χ0v) is 19.5. The first-order valence-corrected chi connectivity index (χ1v) is 12.2. The molecule has 5 rings (SSSR count). The number of furan rings is 2. The van der Waals surface area contributed by atoms with Crippen LogP contribution >= 0.6 is 23.1 Å². The molecule has 10 heteroatoms. The van der Waals surface area contributed by atoms with Crippen molar-refractivity contribution in [3.05, 3.63) is 77.3 Å². The molecule has 33 heavy (non-hydrogen) atoms. The van der Waals surface area contributed by atoms with E-state index >= 15 is 0 Å². The summed E-state index contributed by atoms with van der Waals surface area (Å²) in [6, 6.07) is 9.30. The summed E-state index contributed by atoms with van der Waals surface area (Å²) in [5.41, 5.74) is 1.75. The molecule has 0 fully saturated rings. The van der Waals surface area contributed by atoms with Gasteiger partial charge < -0.3 is 8.83 Å². The molecule has 0 aliphatic carbocycles. The van der Waals surface area contributed by atoms with Crippen molar-refractivity contribution < 1.29 is 13.6 Å². The Morgan fingerprint density at radius 2 is 2.18 bits per heavy atom. The van der Waals surface area contributed by atoms with Crippen LogP contribution in [0.4, 0.5) is 0 Å². The normalized spacial score (nSPS) is 15.7. The summed E-state index contributed by atoms with van der Waals surface area (Å²) in [4.78, 5) is 14.3. The van der Waals surface area contributed by atoms with Crippen LogP contribution in [-0.2, 0) is 11.3 Å². The van der Waals surface area contributed by atoms with Gasteiger partial charge in [-0.1, -0.05) is 23.9 Å². The number of allylic oxidation sites excluding steroid dienone is 1. The number of carbonyl (C=O) groups is 1. The highest BCUT2D eigenvalue weighted by Gasteiger charge is 2.35. The summed E-state index contributed by atoms with van der Waals surface area (Å²) in [5.74, 6) is 2.20. The van der Waals surface area contributed by atoms with Crippen LogP contribution in [0.25, 0.3) is 11.4 Å². The van der Waals surface area contributed by atoms with Crippen LogP contribution in [-0.4, -0.2) is 37.1 Å². The molecule has 1 amide bonds. The second-order valence-corrected chi connectivity index (χ2v) is 9.27. The van der Waals surface area contributed by atoms with Crippen molar-refractivity contribution in [2.45, 2.75) is 31.1 Å². The number of hydrogen-bond acceptors (Lipinski definition) is 8. The van der Waals surface area contributed by atoms with Gasteiger partial charge in [0.05, 0.1) is 34.4 Å². The zero-order valence-electron chi connectivity index (χ0n) is 17.9. The fourth-order valence-corrected chi connectivity index (χ4v) is 5.25. The minimum Gasteiger partial charge on any atom is -0.469 e. The second-order valence-electron chi connectivity index (χ2n) is 7.38. The maximum atomic E-state index is 13.3. The summed E-state index contributed by atoms with van der Waals surface area (Å²) in [6.07, 6.45) is 5.63. The molecular weight excluding hydrogens is 458 g/mol. The van der Waals surface area contributed by atoms with Crippen LogP contribution in [0.1, 0.15) is 28.9 Å². The Kier molecular flexibility index (Phi) is 6.01. The monoisotopic (exact) mass is 479 g/mol. The minimum absolute atomic E-state index is 0.123. The first-order chi connectivity index (χ1) is 16.2. The van der Waals surface area contributed by atoms with Crippen LogP contribution in [0.3, 0.4) is 0 Å². The summed E-state index contributed by atoms with van der Waals surface area (Å²) < 4.78 is 13.0. The average Bonchev–Trinajstić information content (AvgIpc) is 3.63. The van der Waals surface area contributed by atoms with Crippen LogP contribution in [0.5, 0.6) is 0 Å². The Labute approximate surface area is 198 Å². The van der Waals surface area contributed by atoms with Gasteiger partial charge in [-0.25, -0.2) is 5.01 Å². The topological polar surface area (TPSA) is 89.7 Å². The average molecular weight is 480 g/mol. The fourth-order valence-electron chi connectivity index (χ4n) is 3.73. The second kappa shape index (κ2) is 9.24. The summed E-state index contributed by atoms with van der Waals surface area (Å²) in [7, 11) is 0. The van der Waals surface area contributed by atoms with Gasteiger partial charge in [0.2, 0.25) is 0 Å². The van der Waals surface area contributed by atoms with E-state index < -0.39 is 0 Å². The molecule has 1 aliphatic heterocycles. The molecule has 0 radical (unpaired) electrons. The van der Waals surface area contributed by atoms with Gasteiger partial charge >= 0.3 is 0 Å². The number of aryl methyl sites for hydroxylation is 1. The largest absolute Gasteiger partial charge is 0.469 e. The number of hydrogen-bond donors (Lipinski definition) is 0. The highest BCUT2D eigenvalue weighted by molar-refractivity contribution is 7.99. The Morgan fingerprint density at radius 1 is 1.27 bits per heavy atom. The van der Waals surface area contributed by atoms with Crippen LogP contribution in [0.2, 0.25) is 0 Å². The lowest BCUT2D eigenvalue weighted by Crippen LogP contribution is -2.28. The third-order valence-corrected chi connectivity index (χ3v) is 7.17. The molecule has 4 aromatic rings. The fraction of sp³-hybridized carbons (Fsp3) is 0.217. The Balaban J connectivity index is 1.37. The van der Waals surface area contributed by atoms with Crippen molar-refractivity contribution in [2.75, 3.05) is 5.75 Å². The van der Waals surface area contributed by atoms with Crippen LogP contribution < -0.4 is 0 Å². The third kappa shape index (κ3) is 4.19. The quantitative estimate of drug-likeness (QED) is 0.256. The predicted molar refractivity (Wildman–Crippen MR) is 127 cm³/mol. The number of aromatic nitrogens is 3. The van der Waals surface area contributed by atoms with E-state index in [2.05, 4.69) is 21.9 Å². The van der Waals surface area contributed by atoms with E-state index in [1.54, 1.807) is 29.9 Å². The molecule has 5 heterocycles. The van der Waals surface area contributed by atoms with Crippen LogP contribution in [0, 0.1) is 6.92 Å². The molecule has 0 spiro atoms. The Bertz CT molecular complexity index is 1290. The molecule has 1 aliphatic rings. The van der Waals surface area contributed by atoms with Gasteiger partial charge in [0.15, 0.2) is 11.0 Å². The van der Waals surface area contributed by atoms with Crippen molar-refractivity contribution in [1.82, 2.24) is 19.8 Å². The molecule has 0 saturated heterocycles. The SMILES string of the molecule is C=CCn1c(SCC(=O)N2N=C(c3cccs3)CC2c2ccco2)nnc1-c1ccoc1C. The highest BCUT2D eigenvalue weighted by Crippen LogP contribution is 2.35. The highest BCUT2D eigenvalue weighted by atomic mass is 32.2. The van der Waals surface area contributed by atoms with E-state index in [1.165, 1.54) is 16.8 Å². The zero-order chi connectivity index (χ0) is 22.8. The van der Waals surface area contributed by atoms with Crippen molar-refractivity contribution in [3.63, 3.8) is 0 Å². The van der Waals surface area contributed by atoms with Gasteiger partial charge in [-0.3, -0.25) is 9.36 Å². The van der Waals surface area contributed by atoms with Gasteiger partial charge in [0.1, 0.15) is 17.6 Å². The molecule has 168 valence electrons. The first-order valence-electron chi connectivity index (χ1n) is 10.3. The lowest BCUT2D eigenvalue weighted by Gasteiger charge is -2.19. The lowest BCUT2D eigenvalue weighted by molar-refractivity contribution is -0.130. The van der Waals surface area contributed by atoms with E-state index in [1.807, 2.05) is 47.2 Å². The maximum absolute atomic E-state index is 13.3. The van der Waals surface area contributed by atoms with E-state index in [4.69, 9.17) is 8.83 Å². The molecule has 4 aromatic heterocycles. The molecule has 1 atom stereocenters. The van der Waals surface area contributed by atoms with Crippen molar-refractivity contribution in [1.29, 1.82) is 0 Å². The van der Waals surface area contributed by atoms with E-state index in [0.717, 1.165) is 27.7 Å². The molecule has 0 aromatic carbocycles. The van der Waals surface area contributed by atoms with Crippen molar-refractivity contribution in [2.24, 2.45) is 5.10 Å². The number of hydrazone groups is 1. The van der Waals surface area contributed by atoms with Gasteiger partial charge in [0.25, 0.3) is 5.91 Å². The van der Waals surface area contributed by atoms with Crippen molar-refractivity contribution >= 4 is 34.7 Å². The Hall–Kier alpha value is -3.37. The van der Waals surface area contributed by atoms with E-state index in [-0.39, 0.29) is 17.7 Å². The predicted octanol–water partition coefficient (Wildman–Crippen LogP) is 5.16. The minimum atomic E-state index is -0.264. The molecule has 8 nitrogen and oxygen atoms in total. The molecule has 0 saturated carbocycles. The van der Waals surface area contributed by atoms with Crippen LogP contribution in [0.15, 0.2) is 80.0 Å².